The molecule has 2 heterocycles. The van der Waals surface area contributed by atoms with Crippen LogP contribution in [0.3, 0.4) is 0 Å². The van der Waals surface area contributed by atoms with Gasteiger partial charge in [-0.2, -0.15) is 4.99 Å². The number of rotatable bonds is 9. The van der Waals surface area contributed by atoms with Crippen molar-refractivity contribution in [2.24, 2.45) is 10.9 Å². The van der Waals surface area contributed by atoms with Crippen molar-refractivity contribution in [3.63, 3.8) is 0 Å². The van der Waals surface area contributed by atoms with Gasteiger partial charge in [0, 0.05) is 4.88 Å². The van der Waals surface area contributed by atoms with E-state index in [1.807, 2.05) is 0 Å². The molecule has 4 rings (SSSR count). The molecule has 13 nitrogen and oxygen atoms in total. The molecular formula is C27H29N3O10S3. The van der Waals surface area contributed by atoms with Gasteiger partial charge in [-0.05, 0) is 48.9 Å². The Kier molecular flexibility index (Phi) is 9.82. The number of benzene rings is 1. The summed E-state index contributed by atoms with van der Waals surface area (Å²) in [5.74, 6) is -5.55. The summed E-state index contributed by atoms with van der Waals surface area (Å²) < 4.78 is 41.8. The van der Waals surface area contributed by atoms with Crippen LogP contribution in [0.5, 0.6) is 0 Å². The number of thiophene rings is 1. The fourth-order valence-electron chi connectivity index (χ4n) is 4.65. The summed E-state index contributed by atoms with van der Waals surface area (Å²) in [4.78, 5) is 66.9. The number of nitrogens with one attached hydrogen (secondary N) is 1. The number of ether oxygens (including phenoxy) is 3. The quantitative estimate of drug-likeness (QED) is 0.266. The fraction of sp³-hybridized carbons (Fsp3) is 0.407. The Bertz CT molecular complexity index is 1800. The monoisotopic (exact) mass is 651 g/mol. The minimum atomic E-state index is -4.29. The Morgan fingerprint density at radius 1 is 1.02 bits per heavy atom. The molecule has 43 heavy (non-hydrogen) atoms. The molecule has 0 fully saturated rings. The number of methoxy groups -OCH3 is 3. The summed E-state index contributed by atoms with van der Waals surface area (Å²) in [6.07, 6.45) is 2.23. The van der Waals surface area contributed by atoms with Crippen LogP contribution in [0.15, 0.2) is 23.2 Å². The van der Waals surface area contributed by atoms with Gasteiger partial charge in [0.05, 0.1) is 42.7 Å². The number of carbonyl (C=O) groups is 5. The van der Waals surface area contributed by atoms with Crippen molar-refractivity contribution in [3.05, 3.63) is 44.6 Å². The van der Waals surface area contributed by atoms with Crippen LogP contribution in [0.1, 0.15) is 44.5 Å². The van der Waals surface area contributed by atoms with Crippen LogP contribution in [0.2, 0.25) is 0 Å². The Morgan fingerprint density at radius 3 is 2.42 bits per heavy atom. The number of thiazole rings is 1. The maximum absolute atomic E-state index is 12.8. The normalized spacial score (nSPS) is 15.1. The third-order valence-electron chi connectivity index (χ3n) is 6.69. The van der Waals surface area contributed by atoms with Crippen molar-refractivity contribution in [2.75, 3.05) is 38.2 Å². The van der Waals surface area contributed by atoms with Crippen LogP contribution in [0, 0.1) is 5.92 Å². The highest BCUT2D eigenvalue weighted by atomic mass is 32.2. The van der Waals surface area contributed by atoms with Gasteiger partial charge in [-0.1, -0.05) is 18.3 Å². The fourth-order valence-corrected chi connectivity index (χ4v) is 8.16. The zero-order valence-corrected chi connectivity index (χ0v) is 26.2. The average molecular weight is 652 g/mol. The van der Waals surface area contributed by atoms with Crippen LogP contribution >= 0.6 is 22.7 Å². The van der Waals surface area contributed by atoms with Gasteiger partial charge in [-0.25, -0.2) is 18.0 Å². The Balaban J connectivity index is 1.55. The second kappa shape index (κ2) is 13.2. The van der Waals surface area contributed by atoms with E-state index in [9.17, 15) is 32.4 Å². The number of amides is 2. The molecule has 1 aromatic carbocycles. The average Bonchev–Trinajstić information content (AvgIpc) is 3.46. The highest BCUT2D eigenvalue weighted by Crippen LogP contribution is 2.40. The number of aromatic nitrogens is 1. The van der Waals surface area contributed by atoms with Crippen molar-refractivity contribution < 1.29 is 46.6 Å². The number of sulfone groups is 1. The van der Waals surface area contributed by atoms with Crippen LogP contribution in [-0.4, -0.2) is 75.5 Å². The molecule has 0 aliphatic heterocycles. The first-order valence-corrected chi connectivity index (χ1v) is 16.4. The third-order valence-corrected chi connectivity index (χ3v) is 10.3. The van der Waals surface area contributed by atoms with Gasteiger partial charge in [0.15, 0.2) is 14.6 Å². The van der Waals surface area contributed by atoms with Crippen molar-refractivity contribution in [2.45, 2.75) is 32.7 Å². The lowest BCUT2D eigenvalue weighted by Gasteiger charge is -2.18. The van der Waals surface area contributed by atoms with Crippen LogP contribution < -0.4 is 10.1 Å². The largest absolute Gasteiger partial charge is 0.468 e. The first-order valence-electron chi connectivity index (χ1n) is 12.9. The van der Waals surface area contributed by atoms with Gasteiger partial charge in [-0.15, -0.1) is 11.3 Å². The molecule has 0 bridgehead atoms. The number of hydrogen-bond donors (Lipinski definition) is 1. The second-order valence-corrected chi connectivity index (χ2v) is 14.0. The lowest BCUT2D eigenvalue weighted by atomic mass is 9.88. The predicted octanol–water partition coefficient (Wildman–Crippen LogP) is 2.12. The van der Waals surface area contributed by atoms with Crippen molar-refractivity contribution in [1.29, 1.82) is 0 Å². The molecule has 1 aliphatic rings. The molecule has 0 saturated heterocycles. The molecule has 0 saturated carbocycles. The van der Waals surface area contributed by atoms with Crippen molar-refractivity contribution >= 4 is 77.5 Å². The first-order chi connectivity index (χ1) is 20.3. The van der Waals surface area contributed by atoms with Gasteiger partial charge >= 0.3 is 17.9 Å². The standard InChI is InChI=1S/C27H29N3O10S3/c1-14-5-7-16-18(9-14)41-24(23(16)26(35)40-4)28-20(31)12-43(36,37)13-21(32)29-27-30(11-22(33)38-2)17-8-6-15(25(34)39-3)10-19(17)42-27/h6,8,10,14H,5,7,9,11-13H2,1-4H3,(H,28,31). The maximum atomic E-state index is 12.8. The second-order valence-electron chi connectivity index (χ2n) is 9.85. The zero-order chi connectivity index (χ0) is 31.5. The maximum Gasteiger partial charge on any atom is 0.341 e. The number of anilines is 1. The summed E-state index contributed by atoms with van der Waals surface area (Å²) in [5, 5.41) is 2.73. The van der Waals surface area contributed by atoms with E-state index in [4.69, 9.17) is 14.2 Å². The summed E-state index contributed by atoms with van der Waals surface area (Å²) in [7, 11) is -0.643. The van der Waals surface area contributed by atoms with Crippen molar-refractivity contribution in [3.8, 4) is 0 Å². The molecule has 16 heteroatoms. The summed E-state index contributed by atoms with van der Waals surface area (Å²) >= 11 is 2.16. The first kappa shape index (κ1) is 32.0. The summed E-state index contributed by atoms with van der Waals surface area (Å²) in [6, 6.07) is 4.51. The topological polar surface area (TPSA) is 176 Å². The van der Waals surface area contributed by atoms with Crippen LogP contribution in [0.25, 0.3) is 10.2 Å². The lowest BCUT2D eigenvalue weighted by molar-refractivity contribution is -0.141. The molecule has 2 aromatic heterocycles. The van der Waals surface area contributed by atoms with Gasteiger partial charge in [0.2, 0.25) is 5.91 Å². The lowest BCUT2D eigenvalue weighted by Crippen LogP contribution is -2.29. The Labute approximate surface area is 254 Å². The number of fused-ring (bicyclic) bond motifs is 2. The van der Waals surface area contributed by atoms with E-state index < -0.39 is 51.1 Å². The molecule has 1 unspecified atom stereocenters. The van der Waals surface area contributed by atoms with Gasteiger partial charge in [0.1, 0.15) is 23.1 Å². The van der Waals surface area contributed by atoms with Gasteiger partial charge in [-0.3, -0.25) is 14.4 Å². The Hall–Kier alpha value is -3.89. The smallest absolute Gasteiger partial charge is 0.341 e. The van der Waals surface area contributed by atoms with Crippen molar-refractivity contribution in [1.82, 2.24) is 4.57 Å². The molecule has 1 aliphatic carbocycles. The SMILES string of the molecule is COC(=O)Cn1c(=NC(=O)CS(=O)(=O)CC(=O)Nc2sc3c(c2C(=O)OC)CCC(C)C3)sc2cc(C(=O)OC)ccc21. The van der Waals surface area contributed by atoms with Gasteiger partial charge < -0.3 is 24.1 Å². The van der Waals surface area contributed by atoms with Crippen LogP contribution in [0.4, 0.5) is 5.00 Å². The number of hydrogen-bond acceptors (Lipinski definition) is 12. The molecule has 3 aromatic rings. The number of esters is 3. The molecule has 0 radical (unpaired) electrons. The predicted molar refractivity (Wildman–Crippen MR) is 158 cm³/mol. The number of nitrogens with zero attached hydrogens (tertiary/aromatic N) is 2. The van der Waals surface area contributed by atoms with Gasteiger partial charge in [0.25, 0.3) is 5.91 Å². The van der Waals surface area contributed by atoms with E-state index in [1.54, 1.807) is 0 Å². The van der Waals surface area contributed by atoms with E-state index in [0.29, 0.717) is 22.6 Å². The zero-order valence-electron chi connectivity index (χ0n) is 23.8. The summed E-state index contributed by atoms with van der Waals surface area (Å²) in [6.45, 7) is 1.75. The molecule has 0 spiro atoms. The minimum Gasteiger partial charge on any atom is -0.468 e. The van der Waals surface area contributed by atoms with E-state index in [2.05, 4.69) is 17.2 Å². The molecule has 2 amide bonds. The molecule has 230 valence electrons. The molecule has 1 atom stereocenters. The summed E-state index contributed by atoms with van der Waals surface area (Å²) in [5.41, 5.74) is 1.70. The number of carbonyl (C=O) groups excluding carboxylic acids is 5. The van der Waals surface area contributed by atoms with Crippen LogP contribution in [-0.2, 0) is 57.8 Å². The van der Waals surface area contributed by atoms with E-state index in [-0.39, 0.29) is 27.5 Å². The molecular weight excluding hydrogens is 623 g/mol. The Morgan fingerprint density at radius 2 is 1.74 bits per heavy atom. The van der Waals surface area contributed by atoms with E-state index in [0.717, 1.165) is 34.6 Å². The minimum absolute atomic E-state index is 0.00631. The third kappa shape index (κ3) is 7.37. The highest BCUT2D eigenvalue weighted by Gasteiger charge is 2.30. The van der Waals surface area contributed by atoms with E-state index in [1.165, 1.54) is 55.4 Å². The molecule has 1 N–H and O–H groups in total. The highest BCUT2D eigenvalue weighted by molar-refractivity contribution is 7.92. The van der Waals surface area contributed by atoms with E-state index >= 15 is 0 Å².